The molecule has 4 N–H and O–H groups in total. The number of methoxy groups -OCH3 is 1. The Morgan fingerprint density at radius 2 is 1.40 bits per heavy atom. The van der Waals surface area contributed by atoms with Gasteiger partial charge in [0, 0.05) is 17.5 Å². The molecule has 1 heterocycles. The number of ether oxygens (including phenoxy) is 3. The van der Waals surface area contributed by atoms with Gasteiger partial charge in [-0.2, -0.15) is 0 Å². The lowest BCUT2D eigenvalue weighted by Crippen LogP contribution is -2.23. The molecule has 43 heavy (non-hydrogen) atoms. The van der Waals surface area contributed by atoms with E-state index in [1.54, 1.807) is 73.8 Å². The van der Waals surface area contributed by atoms with Crippen LogP contribution in [0.5, 0.6) is 28.7 Å². The van der Waals surface area contributed by atoms with E-state index < -0.39 is 28.7 Å². The highest BCUT2D eigenvalue weighted by atomic mass is 16.5. The molecule has 0 atom stereocenters. The van der Waals surface area contributed by atoms with Gasteiger partial charge in [-0.15, -0.1) is 0 Å². The summed E-state index contributed by atoms with van der Waals surface area (Å²) in [6.45, 7) is 0.565. The highest BCUT2D eigenvalue weighted by molar-refractivity contribution is 6.09. The fraction of sp³-hybridized carbons (Fsp3) is 0.303. The Morgan fingerprint density at radius 1 is 0.791 bits per heavy atom. The third-order valence-corrected chi connectivity index (χ3v) is 6.90. The molecule has 1 aromatic heterocycles. The Hall–Kier alpha value is -4.99. The van der Waals surface area contributed by atoms with Gasteiger partial charge in [-0.1, -0.05) is 32.1 Å². The largest absolute Gasteiger partial charge is 0.506 e. The third kappa shape index (κ3) is 9.00. The maximum atomic E-state index is 13.0. The van der Waals surface area contributed by atoms with Gasteiger partial charge < -0.3 is 34.7 Å². The second-order valence-electron chi connectivity index (χ2n) is 10.1. The van der Waals surface area contributed by atoms with Crippen molar-refractivity contribution in [1.82, 2.24) is 4.98 Å². The summed E-state index contributed by atoms with van der Waals surface area (Å²) in [7, 11) is 1.57. The maximum absolute atomic E-state index is 13.0. The number of nitrogens with one attached hydrogen (secondary N) is 2. The summed E-state index contributed by atoms with van der Waals surface area (Å²) in [4.78, 5) is 38.9. The van der Waals surface area contributed by atoms with E-state index in [0.717, 1.165) is 44.9 Å². The van der Waals surface area contributed by atoms with Gasteiger partial charge in [0.15, 0.2) is 0 Å². The van der Waals surface area contributed by atoms with Crippen molar-refractivity contribution in [2.24, 2.45) is 0 Å². The Labute approximate surface area is 249 Å². The Morgan fingerprint density at radius 3 is 2.07 bits per heavy atom. The number of carbonyl (C=O) groups is 2. The number of benzene rings is 3. The summed E-state index contributed by atoms with van der Waals surface area (Å²) in [5.74, 6) is 0.368. The number of hydrogen-bond acceptors (Lipinski definition) is 7. The van der Waals surface area contributed by atoms with Crippen LogP contribution in [-0.2, 0) is 4.79 Å². The van der Waals surface area contributed by atoms with Crippen molar-refractivity contribution in [2.45, 2.75) is 51.4 Å². The summed E-state index contributed by atoms with van der Waals surface area (Å²) in [6, 6.07) is 18.6. The predicted octanol–water partition coefficient (Wildman–Crippen LogP) is 6.87. The van der Waals surface area contributed by atoms with Gasteiger partial charge in [0.2, 0.25) is 0 Å². The van der Waals surface area contributed by atoms with Gasteiger partial charge in [-0.3, -0.25) is 14.4 Å². The molecule has 1 amide bonds. The number of aromatic nitrogens is 1. The Bertz CT molecular complexity index is 1580. The first-order valence-corrected chi connectivity index (χ1v) is 14.3. The van der Waals surface area contributed by atoms with Crippen LogP contribution in [0.15, 0.2) is 71.5 Å². The summed E-state index contributed by atoms with van der Waals surface area (Å²) in [6.07, 6.45) is 7.07. The molecular formula is C33H36N2O8. The highest BCUT2D eigenvalue weighted by Crippen LogP contribution is 2.31. The summed E-state index contributed by atoms with van der Waals surface area (Å²) in [5.41, 5.74) is -0.322. The van der Waals surface area contributed by atoms with Crippen LogP contribution in [-0.4, -0.2) is 40.8 Å². The third-order valence-electron chi connectivity index (χ3n) is 6.90. The summed E-state index contributed by atoms with van der Waals surface area (Å²) in [5, 5.41) is 22.5. The maximum Gasteiger partial charge on any atom is 0.303 e. The molecule has 10 heteroatoms. The fourth-order valence-corrected chi connectivity index (χ4v) is 4.59. The average molecular weight is 589 g/mol. The first-order chi connectivity index (χ1) is 20.8. The van der Waals surface area contributed by atoms with E-state index in [9.17, 15) is 19.5 Å². The lowest BCUT2D eigenvalue weighted by atomic mass is 10.1. The van der Waals surface area contributed by atoms with Crippen molar-refractivity contribution < 1.29 is 34.0 Å². The lowest BCUT2D eigenvalue weighted by Gasteiger charge is -2.11. The number of pyridine rings is 1. The number of carboxylic acids is 1. The summed E-state index contributed by atoms with van der Waals surface area (Å²) < 4.78 is 16.8. The molecule has 0 bridgehead atoms. The molecule has 0 fully saturated rings. The SMILES string of the molecule is COc1ccc(Oc2ccc3[nH]c(=O)c(C(=O)Nc4ccc(OCCCCCCCCCC(=O)O)cc4)c(O)c3c2)cc1. The van der Waals surface area contributed by atoms with E-state index in [2.05, 4.69) is 10.3 Å². The highest BCUT2D eigenvalue weighted by Gasteiger charge is 2.20. The molecule has 0 saturated heterocycles. The first kappa shape index (κ1) is 31.0. The lowest BCUT2D eigenvalue weighted by molar-refractivity contribution is -0.137. The molecule has 0 aliphatic carbocycles. The monoisotopic (exact) mass is 588 g/mol. The Balaban J connectivity index is 1.30. The number of H-pyrrole nitrogens is 1. The molecule has 0 aliphatic heterocycles. The van der Waals surface area contributed by atoms with Crippen LogP contribution >= 0.6 is 0 Å². The minimum Gasteiger partial charge on any atom is -0.506 e. The standard InChI is InChI=1S/C33H36N2O8/c1-41-23-14-16-25(17-15-23)43-26-18-19-28-27(21-26)31(38)30(33(40)35-28)32(39)34-22-10-12-24(13-11-22)42-20-8-6-4-2-3-5-7-9-29(36)37/h10-19,21H,2-9,20H2,1H3,(H,34,39)(H,36,37)(H2,35,38,40). The van der Waals surface area contributed by atoms with Crippen molar-refractivity contribution in [3.8, 4) is 28.7 Å². The van der Waals surface area contributed by atoms with E-state index in [1.807, 2.05) is 0 Å². The molecule has 0 aliphatic rings. The molecule has 0 radical (unpaired) electrons. The van der Waals surface area contributed by atoms with Crippen molar-refractivity contribution >= 4 is 28.5 Å². The molecule has 226 valence electrons. The van der Waals surface area contributed by atoms with Crippen LogP contribution in [0, 0.1) is 0 Å². The molecular weight excluding hydrogens is 552 g/mol. The van der Waals surface area contributed by atoms with Gasteiger partial charge in [0.25, 0.3) is 11.5 Å². The number of anilines is 1. The number of rotatable bonds is 16. The van der Waals surface area contributed by atoms with E-state index in [0.29, 0.717) is 40.8 Å². The molecule has 0 saturated carbocycles. The van der Waals surface area contributed by atoms with Crippen molar-refractivity contribution in [1.29, 1.82) is 0 Å². The van der Waals surface area contributed by atoms with E-state index >= 15 is 0 Å². The van der Waals surface area contributed by atoms with Crippen LogP contribution in [0.1, 0.15) is 61.7 Å². The van der Waals surface area contributed by atoms with Gasteiger partial charge in [0.05, 0.1) is 19.2 Å². The smallest absolute Gasteiger partial charge is 0.303 e. The van der Waals surface area contributed by atoms with Crippen molar-refractivity contribution in [2.75, 3.05) is 19.0 Å². The van der Waals surface area contributed by atoms with Crippen LogP contribution in [0.2, 0.25) is 0 Å². The molecule has 10 nitrogen and oxygen atoms in total. The zero-order chi connectivity index (χ0) is 30.6. The number of aromatic amines is 1. The van der Waals surface area contributed by atoms with Crippen LogP contribution < -0.4 is 25.1 Å². The van der Waals surface area contributed by atoms with Gasteiger partial charge >= 0.3 is 5.97 Å². The van der Waals surface area contributed by atoms with Gasteiger partial charge in [0.1, 0.15) is 34.3 Å². The summed E-state index contributed by atoms with van der Waals surface area (Å²) >= 11 is 0. The van der Waals surface area contributed by atoms with E-state index in [1.165, 1.54) is 0 Å². The quantitative estimate of drug-likeness (QED) is 0.104. The average Bonchev–Trinajstić information content (AvgIpc) is 2.99. The van der Waals surface area contributed by atoms with E-state index in [4.69, 9.17) is 19.3 Å². The number of carboxylic acid groups (broad SMARTS) is 1. The van der Waals surface area contributed by atoms with Crippen molar-refractivity contribution in [3.63, 3.8) is 0 Å². The topological polar surface area (TPSA) is 147 Å². The Kier molecular flexibility index (Phi) is 11.0. The minimum atomic E-state index is -0.751. The van der Waals surface area contributed by atoms with Crippen LogP contribution in [0.25, 0.3) is 10.9 Å². The number of unbranched alkanes of at least 4 members (excludes halogenated alkanes) is 6. The second-order valence-corrected chi connectivity index (χ2v) is 10.1. The predicted molar refractivity (Wildman–Crippen MR) is 164 cm³/mol. The minimum absolute atomic E-state index is 0.240. The first-order valence-electron chi connectivity index (χ1n) is 14.3. The van der Waals surface area contributed by atoms with Crippen LogP contribution in [0.3, 0.4) is 0 Å². The normalized spacial score (nSPS) is 10.8. The zero-order valence-corrected chi connectivity index (χ0v) is 24.1. The zero-order valence-electron chi connectivity index (χ0n) is 24.1. The number of aromatic hydroxyl groups is 1. The van der Waals surface area contributed by atoms with Crippen LogP contribution in [0.4, 0.5) is 5.69 Å². The second kappa shape index (κ2) is 15.3. The number of amides is 1. The van der Waals surface area contributed by atoms with Gasteiger partial charge in [-0.25, -0.2) is 0 Å². The molecule has 0 unspecified atom stereocenters. The molecule has 4 rings (SSSR count). The number of hydrogen-bond donors (Lipinski definition) is 4. The van der Waals surface area contributed by atoms with Crippen molar-refractivity contribution in [3.05, 3.63) is 82.6 Å². The molecule has 0 spiro atoms. The number of carbonyl (C=O) groups excluding carboxylic acids is 1. The van der Waals surface area contributed by atoms with Gasteiger partial charge in [-0.05, 0) is 79.6 Å². The fourth-order valence-electron chi connectivity index (χ4n) is 4.59. The number of aliphatic carboxylic acids is 1. The van der Waals surface area contributed by atoms with E-state index in [-0.39, 0.29) is 11.8 Å². The molecule has 3 aromatic carbocycles. The molecule has 4 aromatic rings. The number of fused-ring (bicyclic) bond motifs is 1.